The summed E-state index contributed by atoms with van der Waals surface area (Å²) >= 11 is 0. The zero-order valence-corrected chi connectivity index (χ0v) is 10.4. The predicted molar refractivity (Wildman–Crippen MR) is 69.0 cm³/mol. The lowest BCUT2D eigenvalue weighted by Gasteiger charge is -2.03. The molecule has 2 rings (SSSR count). The van der Waals surface area contributed by atoms with E-state index in [0.717, 1.165) is 6.07 Å². The van der Waals surface area contributed by atoms with Crippen molar-refractivity contribution in [1.82, 2.24) is 15.1 Å². The molecule has 0 saturated carbocycles. The maximum absolute atomic E-state index is 11.4. The Morgan fingerprint density at radius 2 is 2.20 bits per heavy atom. The van der Waals surface area contributed by atoms with E-state index < -0.39 is 10.8 Å². The van der Waals surface area contributed by atoms with Crippen LogP contribution in [0.5, 0.6) is 0 Å². The van der Waals surface area contributed by atoms with Crippen LogP contribution in [0.3, 0.4) is 0 Å². The average Bonchev–Trinajstić information content (AvgIpc) is 2.95. The van der Waals surface area contributed by atoms with Crippen molar-refractivity contribution in [3.63, 3.8) is 0 Å². The number of benzene rings is 1. The molecule has 0 aliphatic carbocycles. The molecule has 1 heterocycles. The highest BCUT2D eigenvalue weighted by Gasteiger charge is 2.18. The Hall–Kier alpha value is -3.03. The summed E-state index contributed by atoms with van der Waals surface area (Å²) in [6, 6.07) is 5.44. The van der Waals surface area contributed by atoms with Crippen LogP contribution in [0, 0.1) is 10.1 Å². The third-order valence-electron chi connectivity index (χ3n) is 2.63. The number of nitrogens with zero attached hydrogens (tertiary/aromatic N) is 3. The first-order chi connectivity index (χ1) is 9.56. The van der Waals surface area contributed by atoms with Crippen molar-refractivity contribution in [2.75, 3.05) is 7.05 Å². The van der Waals surface area contributed by atoms with Crippen LogP contribution in [0.25, 0.3) is 5.69 Å². The van der Waals surface area contributed by atoms with Crippen LogP contribution in [0.4, 0.5) is 5.69 Å². The highest BCUT2D eigenvalue weighted by atomic mass is 16.6. The monoisotopic (exact) mass is 274 g/mol. The van der Waals surface area contributed by atoms with Crippen molar-refractivity contribution in [2.24, 2.45) is 0 Å². The smallest absolute Gasteiger partial charge is 0.295 e. The normalized spacial score (nSPS) is 10.1. The second kappa shape index (κ2) is 5.31. The Morgan fingerprint density at radius 3 is 2.80 bits per heavy atom. The standard InChI is InChI=1S/C12H10N4O4/c1-13-12(18)9-4-5-15(14-9)10-3-2-8(7-17)6-11(10)16(19)20/h2-7H,1H3,(H,13,18). The number of aldehydes is 1. The van der Waals surface area contributed by atoms with Crippen molar-refractivity contribution < 1.29 is 14.5 Å². The van der Waals surface area contributed by atoms with Gasteiger partial charge in [0.2, 0.25) is 0 Å². The molecule has 0 radical (unpaired) electrons. The summed E-state index contributed by atoms with van der Waals surface area (Å²) in [5, 5.41) is 17.4. The topological polar surface area (TPSA) is 107 Å². The number of carbonyl (C=O) groups is 2. The molecule has 2 aromatic rings. The molecule has 0 fully saturated rings. The molecule has 1 aromatic heterocycles. The van der Waals surface area contributed by atoms with E-state index in [2.05, 4.69) is 10.4 Å². The highest BCUT2D eigenvalue weighted by molar-refractivity contribution is 5.92. The van der Waals surface area contributed by atoms with E-state index in [-0.39, 0.29) is 22.6 Å². The van der Waals surface area contributed by atoms with Gasteiger partial charge in [-0.2, -0.15) is 5.10 Å². The van der Waals surface area contributed by atoms with Crippen molar-refractivity contribution in [2.45, 2.75) is 0 Å². The van der Waals surface area contributed by atoms with Gasteiger partial charge < -0.3 is 5.32 Å². The Morgan fingerprint density at radius 1 is 1.45 bits per heavy atom. The zero-order chi connectivity index (χ0) is 14.7. The van der Waals surface area contributed by atoms with E-state index in [1.165, 1.54) is 36.1 Å². The summed E-state index contributed by atoms with van der Waals surface area (Å²) in [7, 11) is 1.46. The number of nitro groups is 1. The molecule has 0 aliphatic heterocycles. The third-order valence-corrected chi connectivity index (χ3v) is 2.63. The number of hydrogen-bond acceptors (Lipinski definition) is 5. The third kappa shape index (κ3) is 2.39. The summed E-state index contributed by atoms with van der Waals surface area (Å²) in [4.78, 5) is 32.5. The van der Waals surface area contributed by atoms with Gasteiger partial charge in [0.1, 0.15) is 12.0 Å². The molecule has 1 amide bonds. The quantitative estimate of drug-likeness (QED) is 0.507. The van der Waals surface area contributed by atoms with Gasteiger partial charge in [-0.1, -0.05) is 0 Å². The second-order valence-electron chi connectivity index (χ2n) is 3.85. The van der Waals surface area contributed by atoms with Crippen molar-refractivity contribution >= 4 is 17.9 Å². The molecule has 0 aliphatic rings. The van der Waals surface area contributed by atoms with E-state index in [9.17, 15) is 19.7 Å². The van der Waals surface area contributed by atoms with Crippen LogP contribution >= 0.6 is 0 Å². The number of rotatable bonds is 4. The SMILES string of the molecule is CNC(=O)c1ccn(-c2ccc(C=O)cc2[N+](=O)[O-])n1. The van der Waals surface area contributed by atoms with Gasteiger partial charge in [-0.05, 0) is 18.2 Å². The number of hydrogen-bond donors (Lipinski definition) is 1. The van der Waals surface area contributed by atoms with Crippen molar-refractivity contribution in [3.05, 3.63) is 51.8 Å². The van der Waals surface area contributed by atoms with E-state index in [4.69, 9.17) is 0 Å². The largest absolute Gasteiger partial charge is 0.354 e. The molecular weight excluding hydrogens is 264 g/mol. The van der Waals surface area contributed by atoms with E-state index >= 15 is 0 Å². The first-order valence-corrected chi connectivity index (χ1v) is 5.58. The lowest BCUT2D eigenvalue weighted by atomic mass is 10.2. The van der Waals surface area contributed by atoms with Crippen LogP contribution in [0.1, 0.15) is 20.8 Å². The molecule has 0 atom stereocenters. The average molecular weight is 274 g/mol. The lowest BCUT2D eigenvalue weighted by molar-refractivity contribution is -0.384. The highest BCUT2D eigenvalue weighted by Crippen LogP contribution is 2.23. The molecule has 0 saturated heterocycles. The molecule has 0 bridgehead atoms. The fraction of sp³-hybridized carbons (Fsp3) is 0.0833. The summed E-state index contributed by atoms with van der Waals surface area (Å²) in [5.74, 6) is -0.393. The minimum atomic E-state index is -0.608. The number of nitrogens with one attached hydrogen (secondary N) is 1. The minimum Gasteiger partial charge on any atom is -0.354 e. The summed E-state index contributed by atoms with van der Waals surface area (Å²) in [5.41, 5.74) is 0.248. The van der Waals surface area contributed by atoms with Crippen LogP contribution < -0.4 is 5.32 Å². The summed E-state index contributed by atoms with van der Waals surface area (Å²) < 4.78 is 1.22. The van der Waals surface area contributed by atoms with E-state index in [0.29, 0.717) is 6.29 Å². The van der Waals surface area contributed by atoms with Gasteiger partial charge in [-0.15, -0.1) is 0 Å². The van der Waals surface area contributed by atoms with Crippen LogP contribution in [0.15, 0.2) is 30.5 Å². The molecule has 102 valence electrons. The summed E-state index contributed by atoms with van der Waals surface area (Å²) in [6.07, 6.45) is 1.96. The van der Waals surface area contributed by atoms with E-state index in [1.807, 2.05) is 0 Å². The predicted octanol–water partition coefficient (Wildman–Crippen LogP) is 0.953. The van der Waals surface area contributed by atoms with Crippen LogP contribution in [0.2, 0.25) is 0 Å². The van der Waals surface area contributed by atoms with Gasteiger partial charge in [0.05, 0.1) is 4.92 Å². The van der Waals surface area contributed by atoms with Crippen molar-refractivity contribution in [1.29, 1.82) is 0 Å². The van der Waals surface area contributed by atoms with Gasteiger partial charge in [0.15, 0.2) is 5.69 Å². The fourth-order valence-electron chi connectivity index (χ4n) is 1.66. The first-order valence-electron chi connectivity index (χ1n) is 5.58. The minimum absolute atomic E-state index is 0.140. The molecule has 1 aromatic carbocycles. The Bertz CT molecular complexity index is 693. The van der Waals surface area contributed by atoms with Gasteiger partial charge in [-0.3, -0.25) is 19.7 Å². The fourth-order valence-corrected chi connectivity index (χ4v) is 1.66. The Kier molecular flexibility index (Phi) is 3.56. The summed E-state index contributed by atoms with van der Waals surface area (Å²) in [6.45, 7) is 0. The zero-order valence-electron chi connectivity index (χ0n) is 10.4. The van der Waals surface area contributed by atoms with Crippen LogP contribution in [-0.2, 0) is 0 Å². The first kappa shape index (κ1) is 13.4. The molecule has 8 heteroatoms. The Labute approximate surface area is 113 Å². The number of amides is 1. The second-order valence-corrected chi connectivity index (χ2v) is 3.85. The maximum Gasteiger partial charge on any atom is 0.295 e. The van der Waals surface area contributed by atoms with E-state index in [1.54, 1.807) is 0 Å². The molecule has 0 unspecified atom stereocenters. The van der Waals surface area contributed by atoms with Gasteiger partial charge in [-0.25, -0.2) is 4.68 Å². The molecule has 20 heavy (non-hydrogen) atoms. The van der Waals surface area contributed by atoms with Gasteiger partial charge >= 0.3 is 0 Å². The number of nitro benzene ring substituents is 1. The van der Waals surface area contributed by atoms with Gasteiger partial charge in [0, 0.05) is 24.9 Å². The molecule has 1 N–H and O–H groups in total. The van der Waals surface area contributed by atoms with Gasteiger partial charge in [0.25, 0.3) is 11.6 Å². The number of aromatic nitrogens is 2. The Balaban J connectivity index is 2.52. The van der Waals surface area contributed by atoms with Crippen molar-refractivity contribution in [3.8, 4) is 5.69 Å². The molecule has 0 spiro atoms. The lowest BCUT2D eigenvalue weighted by Crippen LogP contribution is -2.18. The van der Waals surface area contributed by atoms with Crippen LogP contribution in [-0.4, -0.2) is 33.9 Å². The maximum atomic E-state index is 11.4. The molecular formula is C12H10N4O4. The number of carbonyl (C=O) groups excluding carboxylic acids is 2. The molecule has 8 nitrogen and oxygen atoms in total.